The summed E-state index contributed by atoms with van der Waals surface area (Å²) in [4.78, 5) is 14.8. The van der Waals surface area contributed by atoms with Gasteiger partial charge in [-0.2, -0.15) is 0 Å². The van der Waals surface area contributed by atoms with E-state index in [-0.39, 0.29) is 16.3 Å². The van der Waals surface area contributed by atoms with Gasteiger partial charge >= 0.3 is 5.97 Å². The smallest absolute Gasteiger partial charge is 0.336 e. The molecule has 0 bridgehead atoms. The van der Waals surface area contributed by atoms with Crippen LogP contribution in [-0.4, -0.2) is 21.2 Å². The molecule has 1 heterocycles. The van der Waals surface area contributed by atoms with Gasteiger partial charge in [0.1, 0.15) is 5.75 Å². The zero-order chi connectivity index (χ0) is 11.0. The molecule has 0 radical (unpaired) electrons. The fourth-order valence-electron chi connectivity index (χ4n) is 1.34. The molecule has 5 heteroatoms. The maximum Gasteiger partial charge on any atom is 0.336 e. The third-order valence-corrected chi connectivity index (χ3v) is 2.34. The second-order valence-corrected chi connectivity index (χ2v) is 3.39. The number of rotatable bonds is 1. The summed E-state index contributed by atoms with van der Waals surface area (Å²) >= 11 is 5.69. The SMILES string of the molecule is O=C(O)c1ccnc2cc(O)c(Cl)cc12. The van der Waals surface area contributed by atoms with Gasteiger partial charge in [-0.05, 0) is 12.1 Å². The van der Waals surface area contributed by atoms with E-state index in [2.05, 4.69) is 4.98 Å². The van der Waals surface area contributed by atoms with E-state index in [0.717, 1.165) is 0 Å². The lowest BCUT2D eigenvalue weighted by Crippen LogP contribution is -1.98. The summed E-state index contributed by atoms with van der Waals surface area (Å²) < 4.78 is 0. The number of pyridine rings is 1. The first-order valence-corrected chi connectivity index (χ1v) is 4.48. The lowest BCUT2D eigenvalue weighted by Gasteiger charge is -2.03. The summed E-state index contributed by atoms with van der Waals surface area (Å²) in [5, 5.41) is 18.8. The molecule has 4 nitrogen and oxygen atoms in total. The number of halogens is 1. The van der Waals surface area contributed by atoms with E-state index < -0.39 is 5.97 Å². The Morgan fingerprint density at radius 1 is 1.40 bits per heavy atom. The van der Waals surface area contributed by atoms with Crippen molar-refractivity contribution in [3.05, 3.63) is 35.0 Å². The normalized spacial score (nSPS) is 10.5. The Bertz CT molecular complexity index is 554. The van der Waals surface area contributed by atoms with Crippen molar-refractivity contribution in [3.63, 3.8) is 0 Å². The van der Waals surface area contributed by atoms with E-state index in [9.17, 15) is 9.90 Å². The minimum absolute atomic E-state index is 0.109. The number of phenols is 1. The van der Waals surface area contributed by atoms with Crippen LogP contribution in [0, 0.1) is 0 Å². The zero-order valence-corrected chi connectivity index (χ0v) is 8.19. The molecular formula is C10H6ClNO3. The van der Waals surface area contributed by atoms with Crippen molar-refractivity contribution in [2.75, 3.05) is 0 Å². The van der Waals surface area contributed by atoms with Crippen molar-refractivity contribution in [2.24, 2.45) is 0 Å². The summed E-state index contributed by atoms with van der Waals surface area (Å²) in [7, 11) is 0. The lowest BCUT2D eigenvalue weighted by atomic mass is 10.1. The van der Waals surface area contributed by atoms with Crippen molar-refractivity contribution < 1.29 is 15.0 Å². The van der Waals surface area contributed by atoms with E-state index in [1.165, 1.54) is 24.4 Å². The number of hydrogen-bond acceptors (Lipinski definition) is 3. The van der Waals surface area contributed by atoms with Crippen LogP contribution in [-0.2, 0) is 0 Å². The molecule has 0 fully saturated rings. The maximum absolute atomic E-state index is 10.9. The predicted octanol–water partition coefficient (Wildman–Crippen LogP) is 2.29. The highest BCUT2D eigenvalue weighted by molar-refractivity contribution is 6.33. The van der Waals surface area contributed by atoms with Crippen molar-refractivity contribution >= 4 is 28.5 Å². The Hall–Kier alpha value is -1.81. The molecule has 2 N–H and O–H groups in total. The summed E-state index contributed by atoms with van der Waals surface area (Å²) in [6.45, 7) is 0. The number of nitrogens with zero attached hydrogens (tertiary/aromatic N) is 1. The summed E-state index contributed by atoms with van der Waals surface area (Å²) in [6.07, 6.45) is 1.37. The topological polar surface area (TPSA) is 70.4 Å². The number of hydrogen-bond donors (Lipinski definition) is 2. The number of fused-ring (bicyclic) bond motifs is 1. The molecule has 0 amide bonds. The number of aromatic nitrogens is 1. The quantitative estimate of drug-likeness (QED) is 0.778. The molecule has 1 aromatic heterocycles. The summed E-state index contributed by atoms with van der Waals surface area (Å²) in [5.74, 6) is -1.16. The van der Waals surface area contributed by atoms with Crippen molar-refractivity contribution in [3.8, 4) is 5.75 Å². The highest BCUT2D eigenvalue weighted by Crippen LogP contribution is 2.29. The first-order chi connectivity index (χ1) is 7.09. The van der Waals surface area contributed by atoms with Gasteiger partial charge in [-0.3, -0.25) is 4.98 Å². The van der Waals surface area contributed by atoms with Crippen LogP contribution in [0.5, 0.6) is 5.75 Å². The first-order valence-electron chi connectivity index (χ1n) is 4.10. The maximum atomic E-state index is 10.9. The number of carbonyl (C=O) groups is 1. The molecule has 0 spiro atoms. The van der Waals surface area contributed by atoms with E-state index in [4.69, 9.17) is 16.7 Å². The van der Waals surface area contributed by atoms with Crippen LogP contribution < -0.4 is 0 Å². The zero-order valence-electron chi connectivity index (χ0n) is 7.44. The third kappa shape index (κ3) is 1.59. The Morgan fingerprint density at radius 3 is 2.80 bits per heavy atom. The molecule has 76 valence electrons. The van der Waals surface area contributed by atoms with Gasteiger partial charge in [-0.25, -0.2) is 4.79 Å². The second-order valence-electron chi connectivity index (χ2n) is 2.98. The van der Waals surface area contributed by atoms with Crippen LogP contribution in [0.15, 0.2) is 24.4 Å². The highest BCUT2D eigenvalue weighted by atomic mass is 35.5. The van der Waals surface area contributed by atoms with Crippen molar-refractivity contribution in [1.82, 2.24) is 4.98 Å². The number of aromatic hydroxyl groups is 1. The fourth-order valence-corrected chi connectivity index (χ4v) is 1.51. The average molecular weight is 224 g/mol. The molecule has 2 rings (SSSR count). The number of benzene rings is 1. The third-order valence-electron chi connectivity index (χ3n) is 2.04. The number of carboxylic acid groups (broad SMARTS) is 1. The van der Waals surface area contributed by atoms with Crippen LogP contribution >= 0.6 is 11.6 Å². The Balaban J connectivity index is 2.86. The first kappa shape index (κ1) is 9.73. The van der Waals surface area contributed by atoms with Gasteiger partial charge in [0.25, 0.3) is 0 Å². The summed E-state index contributed by atoms with van der Waals surface area (Å²) in [5.41, 5.74) is 0.513. The molecule has 0 atom stereocenters. The molecule has 1 aromatic carbocycles. The van der Waals surface area contributed by atoms with Crippen LogP contribution in [0.25, 0.3) is 10.9 Å². The minimum atomic E-state index is -1.05. The largest absolute Gasteiger partial charge is 0.506 e. The van der Waals surface area contributed by atoms with Crippen molar-refractivity contribution in [1.29, 1.82) is 0 Å². The standard InChI is InChI=1S/C10H6ClNO3/c11-7-3-6-5(10(14)15)1-2-12-8(6)4-9(7)13/h1-4,13H,(H,14,15). The Morgan fingerprint density at radius 2 is 2.13 bits per heavy atom. The van der Waals surface area contributed by atoms with Gasteiger partial charge in [-0.15, -0.1) is 0 Å². The fraction of sp³-hybridized carbons (Fsp3) is 0. The van der Waals surface area contributed by atoms with E-state index in [1.807, 2.05) is 0 Å². The van der Waals surface area contributed by atoms with E-state index >= 15 is 0 Å². The van der Waals surface area contributed by atoms with Gasteiger partial charge in [0.2, 0.25) is 0 Å². The molecule has 2 aromatic rings. The highest BCUT2D eigenvalue weighted by Gasteiger charge is 2.11. The molecule has 0 unspecified atom stereocenters. The van der Waals surface area contributed by atoms with Gasteiger partial charge in [-0.1, -0.05) is 11.6 Å². The van der Waals surface area contributed by atoms with Gasteiger partial charge in [0.15, 0.2) is 0 Å². The molecule has 0 aliphatic heterocycles. The van der Waals surface area contributed by atoms with Gasteiger partial charge in [0, 0.05) is 17.6 Å². The molecular weight excluding hydrogens is 218 g/mol. The second kappa shape index (κ2) is 3.40. The molecule has 0 saturated heterocycles. The molecule has 15 heavy (non-hydrogen) atoms. The Labute approximate surface area is 89.8 Å². The number of aromatic carboxylic acids is 1. The van der Waals surface area contributed by atoms with Crippen LogP contribution in [0.3, 0.4) is 0 Å². The van der Waals surface area contributed by atoms with Gasteiger partial charge < -0.3 is 10.2 Å². The number of carboxylic acids is 1. The predicted molar refractivity (Wildman–Crippen MR) is 55.4 cm³/mol. The minimum Gasteiger partial charge on any atom is -0.506 e. The molecule has 0 aliphatic carbocycles. The summed E-state index contributed by atoms with van der Waals surface area (Å²) in [6, 6.07) is 4.12. The molecule has 0 saturated carbocycles. The Kier molecular flexibility index (Phi) is 2.21. The van der Waals surface area contributed by atoms with Crippen molar-refractivity contribution in [2.45, 2.75) is 0 Å². The van der Waals surface area contributed by atoms with Gasteiger partial charge in [0.05, 0.1) is 16.1 Å². The van der Waals surface area contributed by atoms with E-state index in [0.29, 0.717) is 10.9 Å². The van der Waals surface area contributed by atoms with E-state index in [1.54, 1.807) is 0 Å². The van der Waals surface area contributed by atoms with Crippen LogP contribution in [0.2, 0.25) is 5.02 Å². The monoisotopic (exact) mass is 223 g/mol. The molecule has 0 aliphatic rings. The van der Waals surface area contributed by atoms with Crippen LogP contribution in [0.1, 0.15) is 10.4 Å². The lowest BCUT2D eigenvalue weighted by molar-refractivity contribution is 0.0699. The average Bonchev–Trinajstić information content (AvgIpc) is 2.18. The van der Waals surface area contributed by atoms with Crippen LogP contribution in [0.4, 0.5) is 0 Å². The number of phenolic OH excluding ortho intramolecular Hbond substituents is 1.